The van der Waals surface area contributed by atoms with Crippen LogP contribution < -0.4 is 4.74 Å². The fraction of sp³-hybridized carbons (Fsp3) is 0.143. The van der Waals surface area contributed by atoms with Crippen LogP contribution in [0.25, 0.3) is 0 Å². The van der Waals surface area contributed by atoms with E-state index in [4.69, 9.17) is 9.84 Å². The molecule has 0 spiro atoms. The van der Waals surface area contributed by atoms with Gasteiger partial charge >= 0.3 is 6.18 Å². The number of hydrogen-bond acceptors (Lipinski definition) is 2. The average Bonchev–Trinajstić information content (AvgIpc) is 2.43. The molecule has 0 aliphatic heterocycles. The van der Waals surface area contributed by atoms with E-state index < -0.39 is 35.7 Å². The Morgan fingerprint density at radius 3 is 2.38 bits per heavy atom. The second-order valence-corrected chi connectivity index (χ2v) is 4.13. The van der Waals surface area contributed by atoms with Crippen molar-refractivity contribution in [3.05, 3.63) is 59.2 Å². The number of hydrogen-bond donors (Lipinski definition) is 1. The van der Waals surface area contributed by atoms with Gasteiger partial charge in [-0.1, -0.05) is 12.1 Å². The van der Waals surface area contributed by atoms with Crippen LogP contribution in [0, 0.1) is 11.6 Å². The molecule has 2 aromatic rings. The van der Waals surface area contributed by atoms with E-state index in [1.165, 1.54) is 6.07 Å². The third-order valence-electron chi connectivity index (χ3n) is 2.70. The van der Waals surface area contributed by atoms with Gasteiger partial charge in [-0.05, 0) is 29.8 Å². The summed E-state index contributed by atoms with van der Waals surface area (Å²) >= 11 is 0. The molecule has 2 aromatic carbocycles. The van der Waals surface area contributed by atoms with Crippen LogP contribution in [0.4, 0.5) is 22.0 Å². The molecule has 112 valence electrons. The van der Waals surface area contributed by atoms with Gasteiger partial charge in [0.1, 0.15) is 5.75 Å². The van der Waals surface area contributed by atoms with Crippen LogP contribution >= 0.6 is 0 Å². The molecule has 0 unspecified atom stereocenters. The lowest BCUT2D eigenvalue weighted by molar-refractivity contribution is -0.138. The Morgan fingerprint density at radius 2 is 1.76 bits per heavy atom. The van der Waals surface area contributed by atoms with E-state index in [0.717, 1.165) is 24.3 Å². The van der Waals surface area contributed by atoms with Crippen LogP contribution in [0.2, 0.25) is 0 Å². The van der Waals surface area contributed by atoms with E-state index in [-0.39, 0.29) is 11.3 Å². The maximum Gasteiger partial charge on any atom is 0.416 e. The zero-order valence-electron chi connectivity index (χ0n) is 10.4. The van der Waals surface area contributed by atoms with Crippen molar-refractivity contribution < 1.29 is 31.8 Å². The second-order valence-electron chi connectivity index (χ2n) is 4.13. The van der Waals surface area contributed by atoms with Crippen molar-refractivity contribution in [2.24, 2.45) is 0 Å². The molecule has 0 fully saturated rings. The number of halogens is 5. The molecule has 1 N–H and O–H groups in total. The maximum atomic E-state index is 13.4. The first-order valence-electron chi connectivity index (χ1n) is 5.75. The van der Waals surface area contributed by atoms with E-state index in [2.05, 4.69) is 0 Å². The number of aliphatic hydroxyl groups excluding tert-OH is 1. The van der Waals surface area contributed by atoms with Gasteiger partial charge in [0, 0.05) is 0 Å². The topological polar surface area (TPSA) is 29.5 Å². The smallest absolute Gasteiger partial charge is 0.416 e. The lowest BCUT2D eigenvalue weighted by atomic mass is 10.1. The first-order chi connectivity index (χ1) is 9.82. The maximum absolute atomic E-state index is 13.4. The molecule has 0 bridgehead atoms. The van der Waals surface area contributed by atoms with Gasteiger partial charge in [-0.3, -0.25) is 0 Å². The third kappa shape index (κ3) is 3.30. The van der Waals surface area contributed by atoms with Gasteiger partial charge in [-0.25, -0.2) is 4.39 Å². The van der Waals surface area contributed by atoms with Gasteiger partial charge < -0.3 is 9.84 Å². The highest BCUT2D eigenvalue weighted by Crippen LogP contribution is 2.36. The molecule has 0 aliphatic carbocycles. The van der Waals surface area contributed by atoms with Crippen LogP contribution in [0.3, 0.4) is 0 Å². The standard InChI is InChI=1S/C14H9F5O2/c15-11-2-1-3-12(13(11)16)21-9-5-4-8(7-20)10(6-9)14(17,18)19/h1-6,20H,7H2. The zero-order valence-corrected chi connectivity index (χ0v) is 10.4. The number of aliphatic hydroxyl groups is 1. The van der Waals surface area contributed by atoms with Crippen LogP contribution in [-0.4, -0.2) is 5.11 Å². The van der Waals surface area contributed by atoms with Crippen LogP contribution in [0.15, 0.2) is 36.4 Å². The summed E-state index contributed by atoms with van der Waals surface area (Å²) in [7, 11) is 0. The Balaban J connectivity index is 2.40. The first-order valence-corrected chi connectivity index (χ1v) is 5.75. The predicted octanol–water partition coefficient (Wildman–Crippen LogP) is 4.27. The zero-order chi connectivity index (χ0) is 15.6. The number of rotatable bonds is 3. The summed E-state index contributed by atoms with van der Waals surface area (Å²) in [5.41, 5.74) is -1.44. The van der Waals surface area contributed by atoms with Gasteiger partial charge in [0.25, 0.3) is 0 Å². The fourth-order valence-electron chi connectivity index (χ4n) is 1.71. The van der Waals surface area contributed by atoms with Gasteiger partial charge in [-0.15, -0.1) is 0 Å². The Labute approximate surface area is 116 Å². The van der Waals surface area contributed by atoms with Crippen LogP contribution in [0.5, 0.6) is 11.5 Å². The van der Waals surface area contributed by atoms with E-state index in [1.54, 1.807) is 0 Å². The summed E-state index contributed by atoms with van der Waals surface area (Å²) in [6, 6.07) is 5.88. The highest BCUT2D eigenvalue weighted by molar-refractivity contribution is 5.40. The van der Waals surface area contributed by atoms with Crippen molar-refractivity contribution in [1.82, 2.24) is 0 Å². The summed E-state index contributed by atoms with van der Waals surface area (Å²) in [6.45, 7) is -0.802. The van der Waals surface area contributed by atoms with Crippen molar-refractivity contribution in [2.75, 3.05) is 0 Å². The van der Waals surface area contributed by atoms with Crippen LogP contribution in [-0.2, 0) is 12.8 Å². The summed E-state index contributed by atoms with van der Waals surface area (Å²) < 4.78 is 69.7. The van der Waals surface area contributed by atoms with Gasteiger partial charge in [0.05, 0.1) is 12.2 Å². The molecule has 0 aliphatic rings. The molecule has 0 radical (unpaired) electrons. The third-order valence-corrected chi connectivity index (χ3v) is 2.70. The monoisotopic (exact) mass is 304 g/mol. The van der Waals surface area contributed by atoms with E-state index >= 15 is 0 Å². The Kier molecular flexibility index (Phi) is 4.13. The number of benzene rings is 2. The molecule has 0 saturated heterocycles. The lowest BCUT2D eigenvalue weighted by Gasteiger charge is -2.14. The average molecular weight is 304 g/mol. The quantitative estimate of drug-likeness (QED) is 0.858. The van der Waals surface area contributed by atoms with Gasteiger partial charge in [0.15, 0.2) is 11.6 Å². The van der Waals surface area contributed by atoms with E-state index in [1.807, 2.05) is 0 Å². The largest absolute Gasteiger partial charge is 0.454 e. The van der Waals surface area contributed by atoms with Crippen molar-refractivity contribution in [3.63, 3.8) is 0 Å². The SMILES string of the molecule is OCc1ccc(Oc2cccc(F)c2F)cc1C(F)(F)F. The summed E-state index contributed by atoms with van der Waals surface area (Å²) in [4.78, 5) is 0. The summed E-state index contributed by atoms with van der Waals surface area (Å²) in [6.07, 6.45) is -4.70. The minimum atomic E-state index is -4.70. The fourth-order valence-corrected chi connectivity index (χ4v) is 1.71. The molecule has 0 saturated carbocycles. The summed E-state index contributed by atoms with van der Waals surface area (Å²) in [5, 5.41) is 8.89. The second kappa shape index (κ2) is 5.69. The molecule has 2 rings (SSSR count). The molecule has 0 aromatic heterocycles. The number of alkyl halides is 3. The highest BCUT2D eigenvalue weighted by Gasteiger charge is 2.33. The first kappa shape index (κ1) is 15.2. The van der Waals surface area contributed by atoms with Gasteiger partial charge in [0.2, 0.25) is 5.82 Å². The molecule has 0 heterocycles. The highest BCUT2D eigenvalue weighted by atomic mass is 19.4. The molecule has 21 heavy (non-hydrogen) atoms. The molecular weight excluding hydrogens is 295 g/mol. The molecular formula is C14H9F5O2. The van der Waals surface area contributed by atoms with Crippen molar-refractivity contribution >= 4 is 0 Å². The van der Waals surface area contributed by atoms with Crippen molar-refractivity contribution in [1.29, 1.82) is 0 Å². The molecule has 0 atom stereocenters. The Hall–Kier alpha value is -2.15. The molecule has 7 heteroatoms. The summed E-state index contributed by atoms with van der Waals surface area (Å²) in [5.74, 6) is -3.31. The lowest BCUT2D eigenvalue weighted by Crippen LogP contribution is -2.09. The van der Waals surface area contributed by atoms with Crippen molar-refractivity contribution in [3.8, 4) is 11.5 Å². The van der Waals surface area contributed by atoms with Crippen molar-refractivity contribution in [2.45, 2.75) is 12.8 Å². The Morgan fingerprint density at radius 1 is 1.05 bits per heavy atom. The Bertz CT molecular complexity index is 652. The van der Waals surface area contributed by atoms with E-state index in [0.29, 0.717) is 6.07 Å². The minimum Gasteiger partial charge on any atom is -0.454 e. The number of ether oxygens (including phenoxy) is 1. The minimum absolute atomic E-state index is 0.316. The molecule has 0 amide bonds. The normalized spacial score (nSPS) is 11.5. The molecule has 2 nitrogen and oxygen atoms in total. The van der Waals surface area contributed by atoms with Gasteiger partial charge in [-0.2, -0.15) is 17.6 Å². The van der Waals surface area contributed by atoms with Crippen LogP contribution in [0.1, 0.15) is 11.1 Å². The predicted molar refractivity (Wildman–Crippen MR) is 63.8 cm³/mol. The van der Waals surface area contributed by atoms with E-state index in [9.17, 15) is 22.0 Å².